The zero-order valence-electron chi connectivity index (χ0n) is 12.3. The van der Waals surface area contributed by atoms with Crippen molar-refractivity contribution in [1.29, 1.82) is 0 Å². The molecule has 0 unspecified atom stereocenters. The normalized spacial score (nSPS) is 13.8. The number of ether oxygens (including phenoxy) is 2. The molecule has 114 valence electrons. The summed E-state index contributed by atoms with van der Waals surface area (Å²) in [7, 11) is 0. The third kappa shape index (κ3) is 2.84. The number of nitrogens with two attached hydrogens (primary N) is 2. The fourth-order valence-corrected chi connectivity index (χ4v) is 2.84. The van der Waals surface area contributed by atoms with Crippen molar-refractivity contribution >= 4 is 10.9 Å². The van der Waals surface area contributed by atoms with Gasteiger partial charge in [0.2, 0.25) is 0 Å². The predicted octanol–water partition coefficient (Wildman–Crippen LogP) is 1.65. The van der Waals surface area contributed by atoms with Gasteiger partial charge in [-0.05, 0) is 44.0 Å². The highest BCUT2D eigenvalue weighted by Crippen LogP contribution is 2.37. The largest absolute Gasteiger partial charge is 0.486 e. The first-order chi connectivity index (χ1) is 10.3. The lowest BCUT2D eigenvalue weighted by atomic mass is 10.1. The number of aryl methyl sites for hydroxylation is 2. The van der Waals surface area contributed by atoms with Crippen molar-refractivity contribution in [3.63, 3.8) is 0 Å². The van der Waals surface area contributed by atoms with Gasteiger partial charge in [0.25, 0.3) is 0 Å². The van der Waals surface area contributed by atoms with Gasteiger partial charge in [-0.2, -0.15) is 0 Å². The molecule has 4 N–H and O–H groups in total. The van der Waals surface area contributed by atoms with Crippen molar-refractivity contribution in [2.24, 2.45) is 11.5 Å². The Kier molecular flexibility index (Phi) is 4.31. The van der Waals surface area contributed by atoms with E-state index < -0.39 is 0 Å². The molecule has 0 fully saturated rings. The predicted molar refractivity (Wildman–Crippen MR) is 84.0 cm³/mol. The van der Waals surface area contributed by atoms with Gasteiger partial charge in [0.1, 0.15) is 13.2 Å². The molecule has 0 saturated carbocycles. The highest BCUT2D eigenvalue weighted by atomic mass is 16.6. The van der Waals surface area contributed by atoms with Gasteiger partial charge in [0, 0.05) is 24.2 Å². The Morgan fingerprint density at radius 2 is 1.71 bits per heavy atom. The van der Waals surface area contributed by atoms with Gasteiger partial charge in [-0.15, -0.1) is 0 Å². The standard InChI is InChI=1S/C16H23N3O2/c17-4-1-3-12-11-19(6-2-5-18)14-10-16-15(9-13(12)14)20-7-8-21-16/h9-11H,1-8,17-18H2. The Hall–Kier alpha value is -1.72. The van der Waals surface area contributed by atoms with Crippen LogP contribution in [0.4, 0.5) is 0 Å². The molecule has 5 heteroatoms. The van der Waals surface area contributed by atoms with Crippen molar-refractivity contribution in [3.05, 3.63) is 23.9 Å². The Balaban J connectivity index is 2.04. The summed E-state index contributed by atoms with van der Waals surface area (Å²) in [6, 6.07) is 4.20. The highest BCUT2D eigenvalue weighted by molar-refractivity contribution is 5.87. The van der Waals surface area contributed by atoms with Crippen LogP contribution in [0.5, 0.6) is 11.5 Å². The molecule has 0 aliphatic carbocycles. The number of hydrogen-bond acceptors (Lipinski definition) is 4. The monoisotopic (exact) mass is 289 g/mol. The molecule has 21 heavy (non-hydrogen) atoms. The number of nitrogens with zero attached hydrogens (tertiary/aromatic N) is 1. The fraction of sp³-hybridized carbons (Fsp3) is 0.500. The molecule has 0 amide bonds. The van der Waals surface area contributed by atoms with E-state index in [9.17, 15) is 0 Å². The first-order valence-corrected chi connectivity index (χ1v) is 7.65. The topological polar surface area (TPSA) is 75.4 Å². The fourth-order valence-electron chi connectivity index (χ4n) is 2.84. The highest BCUT2D eigenvalue weighted by Gasteiger charge is 2.17. The molecule has 1 aliphatic rings. The average molecular weight is 289 g/mol. The van der Waals surface area contributed by atoms with E-state index in [1.165, 1.54) is 16.5 Å². The Morgan fingerprint density at radius 1 is 1.00 bits per heavy atom. The third-order valence-electron chi connectivity index (χ3n) is 3.88. The van der Waals surface area contributed by atoms with Gasteiger partial charge in [0.15, 0.2) is 11.5 Å². The van der Waals surface area contributed by atoms with E-state index in [2.05, 4.69) is 22.9 Å². The average Bonchev–Trinajstić information content (AvgIpc) is 2.86. The van der Waals surface area contributed by atoms with Gasteiger partial charge in [-0.25, -0.2) is 0 Å². The van der Waals surface area contributed by atoms with Crippen molar-refractivity contribution in [3.8, 4) is 11.5 Å². The lowest BCUT2D eigenvalue weighted by molar-refractivity contribution is 0.172. The summed E-state index contributed by atoms with van der Waals surface area (Å²) in [5.41, 5.74) is 13.8. The maximum Gasteiger partial charge on any atom is 0.163 e. The molecular weight excluding hydrogens is 266 g/mol. The second kappa shape index (κ2) is 6.37. The molecule has 0 radical (unpaired) electrons. The van der Waals surface area contributed by atoms with E-state index in [0.717, 1.165) is 37.3 Å². The van der Waals surface area contributed by atoms with Gasteiger partial charge in [-0.1, -0.05) is 0 Å². The molecule has 2 heterocycles. The summed E-state index contributed by atoms with van der Waals surface area (Å²) in [6.45, 7) is 3.56. The molecule has 1 aromatic carbocycles. The molecule has 5 nitrogen and oxygen atoms in total. The summed E-state index contributed by atoms with van der Waals surface area (Å²) in [5, 5.41) is 1.24. The number of rotatable bonds is 6. The molecule has 1 aromatic heterocycles. The first kappa shape index (κ1) is 14.2. The van der Waals surface area contributed by atoms with Gasteiger partial charge >= 0.3 is 0 Å². The minimum atomic E-state index is 0.613. The zero-order chi connectivity index (χ0) is 14.7. The summed E-state index contributed by atoms with van der Waals surface area (Å²) in [4.78, 5) is 0. The molecule has 0 atom stereocenters. The second-order valence-corrected chi connectivity index (χ2v) is 5.40. The smallest absolute Gasteiger partial charge is 0.163 e. The van der Waals surface area contributed by atoms with Crippen LogP contribution >= 0.6 is 0 Å². The maximum absolute atomic E-state index is 5.70. The molecule has 2 aromatic rings. The molecule has 0 bridgehead atoms. The van der Waals surface area contributed by atoms with Crippen molar-refractivity contribution in [1.82, 2.24) is 4.57 Å². The van der Waals surface area contributed by atoms with E-state index >= 15 is 0 Å². The third-order valence-corrected chi connectivity index (χ3v) is 3.88. The van der Waals surface area contributed by atoms with Crippen LogP contribution in [0.25, 0.3) is 10.9 Å². The maximum atomic E-state index is 5.70. The molecule has 1 aliphatic heterocycles. The van der Waals surface area contributed by atoms with Crippen LogP contribution < -0.4 is 20.9 Å². The van der Waals surface area contributed by atoms with E-state index in [-0.39, 0.29) is 0 Å². The van der Waals surface area contributed by atoms with E-state index in [0.29, 0.717) is 26.3 Å². The van der Waals surface area contributed by atoms with Gasteiger partial charge < -0.3 is 25.5 Å². The van der Waals surface area contributed by atoms with E-state index in [4.69, 9.17) is 20.9 Å². The lowest BCUT2D eigenvalue weighted by Gasteiger charge is -2.18. The summed E-state index contributed by atoms with van der Waals surface area (Å²) in [5.74, 6) is 1.69. The second-order valence-electron chi connectivity index (χ2n) is 5.40. The van der Waals surface area contributed by atoms with Crippen LogP contribution in [-0.2, 0) is 13.0 Å². The van der Waals surface area contributed by atoms with E-state index in [1.807, 2.05) is 0 Å². The lowest BCUT2D eigenvalue weighted by Crippen LogP contribution is -2.15. The van der Waals surface area contributed by atoms with Crippen molar-refractivity contribution in [2.45, 2.75) is 25.8 Å². The minimum Gasteiger partial charge on any atom is -0.486 e. The molecule has 0 saturated heterocycles. The van der Waals surface area contributed by atoms with Crippen molar-refractivity contribution in [2.75, 3.05) is 26.3 Å². The first-order valence-electron chi connectivity index (χ1n) is 7.65. The summed E-state index contributed by atoms with van der Waals surface area (Å²) < 4.78 is 13.7. The van der Waals surface area contributed by atoms with E-state index in [1.54, 1.807) is 0 Å². The van der Waals surface area contributed by atoms with Crippen LogP contribution in [-0.4, -0.2) is 30.9 Å². The Bertz CT molecular complexity index is 569. The van der Waals surface area contributed by atoms with Crippen molar-refractivity contribution < 1.29 is 9.47 Å². The summed E-state index contributed by atoms with van der Waals surface area (Å²) >= 11 is 0. The number of aromatic nitrogens is 1. The number of fused-ring (bicyclic) bond motifs is 2. The van der Waals surface area contributed by atoms with Crippen LogP contribution in [0.3, 0.4) is 0 Å². The Morgan fingerprint density at radius 3 is 2.43 bits per heavy atom. The molecule has 0 spiro atoms. The van der Waals surface area contributed by atoms with Crippen LogP contribution in [0.1, 0.15) is 18.4 Å². The Labute approximate surface area is 124 Å². The van der Waals surface area contributed by atoms with Gasteiger partial charge in [0.05, 0.1) is 5.52 Å². The zero-order valence-corrected chi connectivity index (χ0v) is 12.3. The van der Waals surface area contributed by atoms with Crippen LogP contribution in [0, 0.1) is 0 Å². The SMILES string of the molecule is NCCCc1cn(CCCN)c2cc3c(cc12)OCCO3. The summed E-state index contributed by atoms with van der Waals surface area (Å²) in [6.07, 6.45) is 5.17. The molecular formula is C16H23N3O2. The van der Waals surface area contributed by atoms with Crippen LogP contribution in [0.2, 0.25) is 0 Å². The minimum absolute atomic E-state index is 0.613. The van der Waals surface area contributed by atoms with Gasteiger partial charge in [-0.3, -0.25) is 0 Å². The molecule has 3 rings (SSSR count). The number of hydrogen-bond donors (Lipinski definition) is 2. The number of benzene rings is 1. The quantitative estimate of drug-likeness (QED) is 0.848. The van der Waals surface area contributed by atoms with Crippen LogP contribution in [0.15, 0.2) is 18.3 Å².